The SMILES string of the molecule is CSCCC(NC(=O)C(N)CCC(N)=O)C(=O)NC(C)C(=O)NC(CCCCN)C(=O)O. The fourth-order valence-corrected chi connectivity index (χ4v) is 3.11. The number of thioether (sulfide) groups is 1. The lowest BCUT2D eigenvalue weighted by Gasteiger charge is -2.23. The van der Waals surface area contributed by atoms with Crippen molar-refractivity contribution in [3.05, 3.63) is 0 Å². The Morgan fingerprint density at radius 2 is 1.53 bits per heavy atom. The fraction of sp³-hybridized carbons (Fsp3) is 0.737. The highest BCUT2D eigenvalue weighted by molar-refractivity contribution is 7.98. The van der Waals surface area contributed by atoms with Gasteiger partial charge in [-0.15, -0.1) is 0 Å². The molecular formula is C19H36N6O6S. The van der Waals surface area contributed by atoms with E-state index < -0.39 is 53.8 Å². The highest BCUT2D eigenvalue weighted by atomic mass is 32.2. The van der Waals surface area contributed by atoms with Crippen molar-refractivity contribution >= 4 is 41.4 Å². The van der Waals surface area contributed by atoms with E-state index in [4.69, 9.17) is 17.2 Å². The zero-order valence-electron chi connectivity index (χ0n) is 18.6. The number of hydrogen-bond acceptors (Lipinski definition) is 8. The number of rotatable bonds is 17. The third-order valence-electron chi connectivity index (χ3n) is 4.60. The monoisotopic (exact) mass is 476 g/mol. The van der Waals surface area contributed by atoms with Crippen LogP contribution < -0.4 is 33.2 Å². The van der Waals surface area contributed by atoms with Crippen LogP contribution in [0.5, 0.6) is 0 Å². The van der Waals surface area contributed by atoms with Crippen molar-refractivity contribution in [2.75, 3.05) is 18.6 Å². The van der Waals surface area contributed by atoms with Crippen LogP contribution in [0.25, 0.3) is 0 Å². The van der Waals surface area contributed by atoms with Gasteiger partial charge in [-0.25, -0.2) is 4.79 Å². The summed E-state index contributed by atoms with van der Waals surface area (Å²) in [6.45, 7) is 1.83. The van der Waals surface area contributed by atoms with Crippen molar-refractivity contribution in [3.63, 3.8) is 0 Å². The van der Waals surface area contributed by atoms with E-state index in [-0.39, 0.29) is 25.7 Å². The molecule has 12 nitrogen and oxygen atoms in total. The maximum atomic E-state index is 12.7. The van der Waals surface area contributed by atoms with Gasteiger partial charge in [-0.05, 0) is 57.6 Å². The van der Waals surface area contributed by atoms with Crippen LogP contribution in [0.15, 0.2) is 0 Å². The molecule has 0 aromatic heterocycles. The molecule has 4 atom stereocenters. The van der Waals surface area contributed by atoms with Crippen LogP contribution >= 0.6 is 11.8 Å². The molecule has 0 rings (SSSR count). The second kappa shape index (κ2) is 16.3. The second-order valence-corrected chi connectivity index (χ2v) is 8.35. The maximum absolute atomic E-state index is 12.7. The van der Waals surface area contributed by atoms with Crippen LogP contribution in [-0.4, -0.2) is 77.4 Å². The molecule has 0 saturated carbocycles. The van der Waals surface area contributed by atoms with E-state index in [0.717, 1.165) is 0 Å². The van der Waals surface area contributed by atoms with E-state index >= 15 is 0 Å². The molecule has 0 radical (unpaired) electrons. The van der Waals surface area contributed by atoms with E-state index in [1.165, 1.54) is 18.7 Å². The van der Waals surface area contributed by atoms with Gasteiger partial charge < -0.3 is 38.3 Å². The standard InChI is InChI=1S/C19H36N6O6S/c1-11(16(27)25-14(19(30)31)5-3-4-9-20)23-18(29)13(8-10-32-2)24-17(28)12(21)6-7-15(22)26/h11-14H,3-10,20-21H2,1-2H3,(H2,22,26)(H,23,29)(H,24,28)(H,25,27)(H,30,31). The number of aliphatic carboxylic acids is 1. The van der Waals surface area contributed by atoms with Crippen molar-refractivity contribution in [2.24, 2.45) is 17.2 Å². The predicted octanol–water partition coefficient (Wildman–Crippen LogP) is -1.98. The van der Waals surface area contributed by atoms with Gasteiger partial charge in [0.1, 0.15) is 18.1 Å². The number of unbranched alkanes of at least 4 members (excludes halogenated alkanes) is 1. The lowest BCUT2D eigenvalue weighted by molar-refractivity contribution is -0.142. The van der Waals surface area contributed by atoms with Crippen molar-refractivity contribution in [3.8, 4) is 0 Å². The van der Waals surface area contributed by atoms with Crippen molar-refractivity contribution in [1.29, 1.82) is 0 Å². The molecule has 0 aliphatic rings. The van der Waals surface area contributed by atoms with E-state index in [2.05, 4.69) is 16.0 Å². The summed E-state index contributed by atoms with van der Waals surface area (Å²) in [4.78, 5) is 59.5. The van der Waals surface area contributed by atoms with Gasteiger partial charge in [0.25, 0.3) is 0 Å². The lowest BCUT2D eigenvalue weighted by atomic mass is 10.1. The molecule has 4 unspecified atom stereocenters. The number of carbonyl (C=O) groups is 5. The predicted molar refractivity (Wildman–Crippen MR) is 121 cm³/mol. The van der Waals surface area contributed by atoms with Crippen molar-refractivity contribution in [2.45, 2.75) is 69.6 Å². The van der Waals surface area contributed by atoms with E-state index in [9.17, 15) is 29.1 Å². The fourth-order valence-electron chi connectivity index (χ4n) is 2.64. The topological polar surface area (TPSA) is 220 Å². The minimum atomic E-state index is -1.18. The first-order valence-electron chi connectivity index (χ1n) is 10.4. The van der Waals surface area contributed by atoms with E-state index in [0.29, 0.717) is 25.1 Å². The Balaban J connectivity index is 4.95. The Morgan fingerprint density at radius 1 is 0.906 bits per heavy atom. The average molecular weight is 477 g/mol. The Morgan fingerprint density at radius 3 is 2.06 bits per heavy atom. The Labute approximate surface area is 192 Å². The molecule has 0 spiro atoms. The first-order chi connectivity index (χ1) is 15.0. The maximum Gasteiger partial charge on any atom is 0.326 e. The van der Waals surface area contributed by atoms with Gasteiger partial charge in [0.05, 0.1) is 6.04 Å². The molecule has 0 aromatic rings. The Hall–Kier alpha value is -2.38. The Kier molecular flexibility index (Phi) is 15.1. The summed E-state index contributed by atoms with van der Waals surface area (Å²) in [5, 5.41) is 16.7. The summed E-state index contributed by atoms with van der Waals surface area (Å²) in [5.74, 6) is -3.09. The van der Waals surface area contributed by atoms with Gasteiger partial charge in [0.15, 0.2) is 0 Å². The molecule has 0 aliphatic heterocycles. The van der Waals surface area contributed by atoms with Crippen LogP contribution in [0.4, 0.5) is 0 Å². The summed E-state index contributed by atoms with van der Waals surface area (Å²) in [5.41, 5.74) is 16.2. The van der Waals surface area contributed by atoms with Crippen LogP contribution in [0.3, 0.4) is 0 Å². The van der Waals surface area contributed by atoms with Crippen LogP contribution in [0.1, 0.15) is 45.4 Å². The lowest BCUT2D eigenvalue weighted by Crippen LogP contribution is -2.56. The molecular weight excluding hydrogens is 440 g/mol. The number of hydrogen-bond donors (Lipinski definition) is 7. The molecule has 0 aliphatic carbocycles. The van der Waals surface area contributed by atoms with Gasteiger partial charge >= 0.3 is 5.97 Å². The number of carbonyl (C=O) groups excluding carboxylic acids is 4. The number of nitrogens with two attached hydrogens (primary N) is 3. The average Bonchev–Trinajstić information content (AvgIpc) is 2.73. The summed E-state index contributed by atoms with van der Waals surface area (Å²) >= 11 is 1.47. The van der Waals surface area contributed by atoms with E-state index in [1.807, 2.05) is 6.26 Å². The molecule has 0 bridgehead atoms. The van der Waals surface area contributed by atoms with Crippen LogP contribution in [-0.2, 0) is 24.0 Å². The first-order valence-corrected chi connectivity index (χ1v) is 11.8. The molecule has 13 heteroatoms. The molecule has 10 N–H and O–H groups in total. The third kappa shape index (κ3) is 12.5. The van der Waals surface area contributed by atoms with Gasteiger partial charge in [-0.3, -0.25) is 19.2 Å². The summed E-state index contributed by atoms with van der Waals surface area (Å²) in [7, 11) is 0. The van der Waals surface area contributed by atoms with Crippen LogP contribution in [0, 0.1) is 0 Å². The highest BCUT2D eigenvalue weighted by Crippen LogP contribution is 2.05. The molecule has 0 heterocycles. The molecule has 0 saturated heterocycles. The van der Waals surface area contributed by atoms with Gasteiger partial charge in [0, 0.05) is 6.42 Å². The van der Waals surface area contributed by atoms with Gasteiger partial charge in [0.2, 0.25) is 23.6 Å². The summed E-state index contributed by atoms with van der Waals surface area (Å²) in [6, 6.07) is -4.10. The largest absolute Gasteiger partial charge is 0.480 e. The zero-order chi connectivity index (χ0) is 24.7. The molecule has 184 valence electrons. The first kappa shape index (κ1) is 29.6. The molecule has 0 aromatic carbocycles. The molecule has 32 heavy (non-hydrogen) atoms. The number of carboxylic acid groups (broad SMARTS) is 1. The highest BCUT2D eigenvalue weighted by Gasteiger charge is 2.28. The minimum Gasteiger partial charge on any atom is -0.480 e. The van der Waals surface area contributed by atoms with Crippen molar-refractivity contribution in [1.82, 2.24) is 16.0 Å². The smallest absolute Gasteiger partial charge is 0.326 e. The molecule has 0 fully saturated rings. The quantitative estimate of drug-likeness (QED) is 0.115. The second-order valence-electron chi connectivity index (χ2n) is 7.37. The third-order valence-corrected chi connectivity index (χ3v) is 5.24. The number of carboxylic acids is 1. The number of nitrogens with one attached hydrogen (secondary N) is 3. The Bertz CT molecular complexity index is 650. The normalized spacial score (nSPS) is 14.5. The summed E-state index contributed by atoms with van der Waals surface area (Å²) < 4.78 is 0. The number of primary amides is 1. The minimum absolute atomic E-state index is 0.0393. The van der Waals surface area contributed by atoms with Gasteiger partial charge in [-0.1, -0.05) is 0 Å². The molecule has 4 amide bonds. The van der Waals surface area contributed by atoms with E-state index in [1.54, 1.807) is 0 Å². The summed E-state index contributed by atoms with van der Waals surface area (Å²) in [6.07, 6.45) is 3.47. The van der Waals surface area contributed by atoms with Crippen molar-refractivity contribution < 1.29 is 29.1 Å². The van der Waals surface area contributed by atoms with Crippen LogP contribution in [0.2, 0.25) is 0 Å². The zero-order valence-corrected chi connectivity index (χ0v) is 19.4. The van der Waals surface area contributed by atoms with Gasteiger partial charge in [-0.2, -0.15) is 11.8 Å². The number of amides is 4.